The zero-order chi connectivity index (χ0) is 12.3. The second-order valence-corrected chi connectivity index (χ2v) is 3.84. The maximum atomic E-state index is 3.48. The Balaban J connectivity index is 0. The van der Waals surface area contributed by atoms with Gasteiger partial charge >= 0.3 is 0 Å². The Hall–Kier alpha value is -0.0800. The van der Waals surface area contributed by atoms with Gasteiger partial charge in [-0.15, -0.1) is 0 Å². The minimum Gasteiger partial charge on any atom is -0.300 e. The van der Waals surface area contributed by atoms with Gasteiger partial charge < -0.3 is 10.6 Å². The molecular formula is C13H32N2. The molecule has 0 aromatic heterocycles. The SMILES string of the molecule is CC.CC.CCC1NCNC1CC(C)C. The second-order valence-electron chi connectivity index (χ2n) is 3.84. The van der Waals surface area contributed by atoms with Gasteiger partial charge in [0.05, 0.1) is 0 Å². The van der Waals surface area contributed by atoms with Gasteiger partial charge in [-0.05, 0) is 18.8 Å². The molecule has 2 nitrogen and oxygen atoms in total. The molecule has 15 heavy (non-hydrogen) atoms. The third kappa shape index (κ3) is 7.80. The van der Waals surface area contributed by atoms with Crippen molar-refractivity contribution >= 4 is 0 Å². The Bertz CT molecular complexity index is 113. The maximum absolute atomic E-state index is 3.48. The first-order chi connectivity index (χ1) is 7.24. The number of rotatable bonds is 3. The fourth-order valence-electron chi connectivity index (χ4n) is 1.79. The lowest BCUT2D eigenvalue weighted by Gasteiger charge is -2.19. The van der Waals surface area contributed by atoms with Crippen LogP contribution in [0.4, 0.5) is 0 Å². The standard InChI is InChI=1S/C9H20N2.2C2H6/c1-4-8-9(5-7(2)3)11-6-10-8;2*1-2/h7-11H,4-6H2,1-3H3;2*1-2H3. The Morgan fingerprint density at radius 1 is 1.00 bits per heavy atom. The molecule has 1 aliphatic rings. The zero-order valence-corrected chi connectivity index (χ0v) is 11.9. The summed E-state index contributed by atoms with van der Waals surface area (Å²) in [5, 5.41) is 6.93. The first-order valence-electron chi connectivity index (χ1n) is 6.70. The van der Waals surface area contributed by atoms with E-state index in [0.717, 1.165) is 12.6 Å². The van der Waals surface area contributed by atoms with Crippen molar-refractivity contribution in [3.63, 3.8) is 0 Å². The highest BCUT2D eigenvalue weighted by Gasteiger charge is 2.24. The van der Waals surface area contributed by atoms with Crippen LogP contribution < -0.4 is 10.6 Å². The average Bonchev–Trinajstić information content (AvgIpc) is 2.70. The molecule has 2 unspecified atom stereocenters. The molecule has 1 saturated heterocycles. The summed E-state index contributed by atoms with van der Waals surface area (Å²) >= 11 is 0. The molecule has 2 N–H and O–H groups in total. The molecule has 1 fully saturated rings. The molecule has 0 saturated carbocycles. The van der Waals surface area contributed by atoms with E-state index in [-0.39, 0.29) is 0 Å². The minimum absolute atomic E-state index is 0.706. The molecule has 0 aliphatic carbocycles. The van der Waals surface area contributed by atoms with Gasteiger partial charge in [0, 0.05) is 18.8 Å². The highest BCUT2D eigenvalue weighted by molar-refractivity contribution is 4.86. The Morgan fingerprint density at radius 2 is 1.47 bits per heavy atom. The molecule has 0 aromatic rings. The first-order valence-corrected chi connectivity index (χ1v) is 6.70. The Kier molecular flexibility index (Phi) is 13.8. The number of nitrogens with one attached hydrogen (secondary N) is 2. The molecule has 0 spiro atoms. The summed E-state index contributed by atoms with van der Waals surface area (Å²) in [6, 6.07) is 1.41. The van der Waals surface area contributed by atoms with Crippen molar-refractivity contribution in [3.05, 3.63) is 0 Å². The van der Waals surface area contributed by atoms with E-state index in [1.54, 1.807) is 0 Å². The highest BCUT2D eigenvalue weighted by atomic mass is 15.2. The summed E-state index contributed by atoms with van der Waals surface area (Å²) in [6.07, 6.45) is 2.54. The van der Waals surface area contributed by atoms with Crippen molar-refractivity contribution in [1.82, 2.24) is 10.6 Å². The smallest absolute Gasteiger partial charge is 0.0459 e. The van der Waals surface area contributed by atoms with E-state index in [9.17, 15) is 0 Å². The molecular weight excluding hydrogens is 184 g/mol. The van der Waals surface area contributed by atoms with Gasteiger partial charge in [0.15, 0.2) is 0 Å². The van der Waals surface area contributed by atoms with Gasteiger partial charge in [-0.3, -0.25) is 0 Å². The fourth-order valence-corrected chi connectivity index (χ4v) is 1.79. The normalized spacial score (nSPS) is 24.0. The average molecular weight is 216 g/mol. The van der Waals surface area contributed by atoms with Crippen molar-refractivity contribution in [3.8, 4) is 0 Å². The van der Waals surface area contributed by atoms with Gasteiger partial charge in [0.25, 0.3) is 0 Å². The zero-order valence-electron chi connectivity index (χ0n) is 11.9. The van der Waals surface area contributed by atoms with E-state index in [1.165, 1.54) is 12.8 Å². The molecule has 0 amide bonds. The van der Waals surface area contributed by atoms with Crippen LogP contribution in [0.25, 0.3) is 0 Å². The van der Waals surface area contributed by atoms with E-state index in [4.69, 9.17) is 0 Å². The van der Waals surface area contributed by atoms with Crippen LogP contribution in [0.1, 0.15) is 61.3 Å². The minimum atomic E-state index is 0.706. The summed E-state index contributed by atoms with van der Waals surface area (Å²) in [4.78, 5) is 0. The third-order valence-electron chi connectivity index (χ3n) is 2.38. The number of hydrogen-bond acceptors (Lipinski definition) is 2. The molecule has 2 atom stereocenters. The van der Waals surface area contributed by atoms with Crippen LogP contribution in [0.5, 0.6) is 0 Å². The van der Waals surface area contributed by atoms with Crippen molar-refractivity contribution < 1.29 is 0 Å². The summed E-state index contributed by atoms with van der Waals surface area (Å²) in [5.41, 5.74) is 0. The second kappa shape index (κ2) is 12.0. The van der Waals surface area contributed by atoms with E-state index < -0.39 is 0 Å². The monoisotopic (exact) mass is 216 g/mol. The summed E-state index contributed by atoms with van der Waals surface area (Å²) in [5.74, 6) is 0.807. The van der Waals surface area contributed by atoms with Crippen molar-refractivity contribution in [2.24, 2.45) is 5.92 Å². The lowest BCUT2D eigenvalue weighted by Crippen LogP contribution is -2.33. The quantitative estimate of drug-likeness (QED) is 0.756. The first kappa shape index (κ1) is 17.3. The van der Waals surface area contributed by atoms with Gasteiger partial charge in [0.1, 0.15) is 0 Å². The fraction of sp³-hybridized carbons (Fsp3) is 1.00. The lowest BCUT2D eigenvalue weighted by atomic mass is 9.97. The third-order valence-corrected chi connectivity index (χ3v) is 2.38. The predicted molar refractivity (Wildman–Crippen MR) is 71.2 cm³/mol. The van der Waals surface area contributed by atoms with Gasteiger partial charge in [-0.1, -0.05) is 48.5 Å². The van der Waals surface area contributed by atoms with Gasteiger partial charge in [-0.25, -0.2) is 0 Å². The van der Waals surface area contributed by atoms with Crippen LogP contribution in [0.2, 0.25) is 0 Å². The number of hydrogen-bond donors (Lipinski definition) is 2. The lowest BCUT2D eigenvalue weighted by molar-refractivity contribution is 0.412. The Morgan fingerprint density at radius 3 is 1.87 bits per heavy atom. The highest BCUT2D eigenvalue weighted by Crippen LogP contribution is 2.13. The largest absolute Gasteiger partial charge is 0.300 e. The summed E-state index contributed by atoms with van der Waals surface area (Å²) in [6.45, 7) is 15.8. The van der Waals surface area contributed by atoms with Crippen LogP contribution in [0.3, 0.4) is 0 Å². The summed E-state index contributed by atoms with van der Waals surface area (Å²) < 4.78 is 0. The molecule has 1 heterocycles. The van der Waals surface area contributed by atoms with Crippen LogP contribution in [0.15, 0.2) is 0 Å². The van der Waals surface area contributed by atoms with Crippen molar-refractivity contribution in [2.75, 3.05) is 6.67 Å². The molecule has 1 rings (SSSR count). The van der Waals surface area contributed by atoms with E-state index in [1.807, 2.05) is 27.7 Å². The van der Waals surface area contributed by atoms with Crippen molar-refractivity contribution in [2.45, 2.75) is 73.4 Å². The molecule has 0 radical (unpaired) electrons. The summed E-state index contributed by atoms with van der Waals surface area (Å²) in [7, 11) is 0. The van der Waals surface area contributed by atoms with E-state index >= 15 is 0 Å². The molecule has 0 bridgehead atoms. The Labute approximate surface area is 97.2 Å². The van der Waals surface area contributed by atoms with Gasteiger partial charge in [-0.2, -0.15) is 0 Å². The van der Waals surface area contributed by atoms with Crippen LogP contribution in [0, 0.1) is 5.92 Å². The van der Waals surface area contributed by atoms with Gasteiger partial charge in [0.2, 0.25) is 0 Å². The predicted octanol–water partition coefficient (Wildman–Crippen LogP) is 3.38. The molecule has 94 valence electrons. The molecule has 0 aromatic carbocycles. The van der Waals surface area contributed by atoms with Crippen LogP contribution in [-0.2, 0) is 0 Å². The topological polar surface area (TPSA) is 24.1 Å². The molecule has 1 aliphatic heterocycles. The van der Waals surface area contributed by atoms with E-state index in [2.05, 4.69) is 31.4 Å². The van der Waals surface area contributed by atoms with E-state index in [0.29, 0.717) is 12.1 Å². The van der Waals surface area contributed by atoms with Crippen LogP contribution in [-0.4, -0.2) is 18.8 Å². The molecule has 2 heteroatoms. The van der Waals surface area contributed by atoms with Crippen LogP contribution >= 0.6 is 0 Å². The van der Waals surface area contributed by atoms with Crippen molar-refractivity contribution in [1.29, 1.82) is 0 Å². The maximum Gasteiger partial charge on any atom is 0.0459 e.